The standard InChI is InChI=1S/C21H19F3N4O3S/c22-21(23,24)13-4-1-11(2-5-13)7-14(25)9-26-19-27-16(10-29)18(32-19)12-3-6-15-17(8-12)31-20(30)28-15/h1-6,8,14,29H,7,9-10,25H2,(H,26,27)(H,28,30)/t14-/m1/s1. The minimum atomic E-state index is -4.37. The molecule has 2 aromatic carbocycles. The second-order valence-electron chi connectivity index (χ2n) is 7.22. The number of aromatic nitrogens is 2. The maximum absolute atomic E-state index is 12.7. The van der Waals surface area contributed by atoms with Crippen molar-refractivity contribution in [1.82, 2.24) is 9.97 Å². The van der Waals surface area contributed by atoms with E-state index in [1.54, 1.807) is 18.2 Å². The van der Waals surface area contributed by atoms with Crippen LogP contribution in [0.4, 0.5) is 18.3 Å². The summed E-state index contributed by atoms with van der Waals surface area (Å²) < 4.78 is 43.1. The van der Waals surface area contributed by atoms with Crippen molar-refractivity contribution in [2.75, 3.05) is 11.9 Å². The fourth-order valence-corrected chi connectivity index (χ4v) is 4.25. The van der Waals surface area contributed by atoms with Gasteiger partial charge in [-0.3, -0.25) is 4.98 Å². The van der Waals surface area contributed by atoms with Gasteiger partial charge in [-0.05, 0) is 41.8 Å². The molecular weight excluding hydrogens is 445 g/mol. The van der Waals surface area contributed by atoms with Crippen LogP contribution >= 0.6 is 11.3 Å². The van der Waals surface area contributed by atoms with Crippen molar-refractivity contribution >= 4 is 27.6 Å². The van der Waals surface area contributed by atoms with E-state index in [9.17, 15) is 23.1 Å². The van der Waals surface area contributed by atoms with Crippen LogP contribution in [0.3, 0.4) is 0 Å². The molecule has 0 saturated carbocycles. The predicted octanol–water partition coefficient (Wildman–Crippen LogP) is 3.74. The van der Waals surface area contributed by atoms with E-state index in [4.69, 9.17) is 10.2 Å². The number of H-pyrrole nitrogens is 1. The number of aromatic amines is 1. The van der Waals surface area contributed by atoms with Crippen LogP contribution < -0.4 is 16.8 Å². The zero-order valence-corrected chi connectivity index (χ0v) is 17.4. The first-order valence-corrected chi connectivity index (χ1v) is 10.4. The molecule has 7 nitrogen and oxygen atoms in total. The Morgan fingerprint density at radius 3 is 2.66 bits per heavy atom. The monoisotopic (exact) mass is 464 g/mol. The average Bonchev–Trinajstić information content (AvgIpc) is 3.33. The number of rotatable bonds is 7. The van der Waals surface area contributed by atoms with Crippen LogP contribution in [0.5, 0.6) is 0 Å². The molecule has 32 heavy (non-hydrogen) atoms. The van der Waals surface area contributed by atoms with Gasteiger partial charge in [0.25, 0.3) is 0 Å². The minimum absolute atomic E-state index is 0.278. The summed E-state index contributed by atoms with van der Waals surface area (Å²) >= 11 is 1.31. The molecule has 1 atom stereocenters. The molecule has 0 unspecified atom stereocenters. The Labute approximate surface area is 183 Å². The smallest absolute Gasteiger partial charge is 0.408 e. The number of oxazole rings is 1. The summed E-state index contributed by atoms with van der Waals surface area (Å²) in [4.78, 5) is 19.0. The zero-order chi connectivity index (χ0) is 22.9. The number of alkyl halides is 3. The average molecular weight is 464 g/mol. The van der Waals surface area contributed by atoms with Crippen LogP contribution in [-0.2, 0) is 19.2 Å². The van der Waals surface area contributed by atoms with Crippen molar-refractivity contribution in [3.63, 3.8) is 0 Å². The molecule has 0 amide bonds. The Kier molecular flexibility index (Phi) is 6.04. The first-order valence-electron chi connectivity index (χ1n) is 9.62. The number of hydrogen-bond acceptors (Lipinski definition) is 7. The third-order valence-electron chi connectivity index (χ3n) is 4.82. The van der Waals surface area contributed by atoms with Gasteiger partial charge in [-0.25, -0.2) is 9.78 Å². The summed E-state index contributed by atoms with van der Waals surface area (Å²) in [5, 5.41) is 13.4. The van der Waals surface area contributed by atoms with Crippen molar-refractivity contribution < 1.29 is 22.7 Å². The van der Waals surface area contributed by atoms with E-state index in [-0.39, 0.29) is 12.6 Å². The molecule has 0 fully saturated rings. The quantitative estimate of drug-likeness (QED) is 0.331. The lowest BCUT2D eigenvalue weighted by Crippen LogP contribution is -2.31. The van der Waals surface area contributed by atoms with Crippen LogP contribution in [0.2, 0.25) is 0 Å². The van der Waals surface area contributed by atoms with E-state index in [0.29, 0.717) is 40.5 Å². The molecule has 0 radical (unpaired) electrons. The lowest BCUT2D eigenvalue weighted by atomic mass is 10.0. The van der Waals surface area contributed by atoms with Gasteiger partial charge >= 0.3 is 11.9 Å². The number of aliphatic hydroxyl groups excluding tert-OH is 1. The summed E-state index contributed by atoms with van der Waals surface area (Å²) in [6.07, 6.45) is -3.98. The molecule has 11 heteroatoms. The number of nitrogens with two attached hydrogens (primary N) is 1. The van der Waals surface area contributed by atoms with E-state index >= 15 is 0 Å². The summed E-state index contributed by atoms with van der Waals surface area (Å²) in [7, 11) is 0. The summed E-state index contributed by atoms with van der Waals surface area (Å²) in [6.45, 7) is 0.0603. The molecule has 0 aliphatic heterocycles. The maximum Gasteiger partial charge on any atom is 0.417 e. The lowest BCUT2D eigenvalue weighted by Gasteiger charge is -2.13. The maximum atomic E-state index is 12.7. The number of anilines is 1. The molecule has 0 bridgehead atoms. The fourth-order valence-electron chi connectivity index (χ4n) is 3.27. The summed E-state index contributed by atoms with van der Waals surface area (Å²) in [6, 6.07) is 9.76. The SMILES string of the molecule is N[C@@H](CNc1nc(CO)c(-c2ccc3[nH]c(=O)oc3c2)s1)Cc1ccc(C(F)(F)F)cc1. The fraction of sp³-hybridized carbons (Fsp3) is 0.238. The Bertz CT molecular complexity index is 1280. The Morgan fingerprint density at radius 1 is 1.22 bits per heavy atom. The van der Waals surface area contributed by atoms with E-state index < -0.39 is 17.5 Å². The van der Waals surface area contributed by atoms with Crippen LogP contribution in [0.1, 0.15) is 16.8 Å². The predicted molar refractivity (Wildman–Crippen MR) is 115 cm³/mol. The number of benzene rings is 2. The normalized spacial score (nSPS) is 12.9. The highest BCUT2D eigenvalue weighted by Gasteiger charge is 2.30. The molecule has 2 aromatic heterocycles. The van der Waals surface area contributed by atoms with Gasteiger partial charge in [-0.2, -0.15) is 13.2 Å². The zero-order valence-electron chi connectivity index (χ0n) is 16.6. The first-order chi connectivity index (χ1) is 15.2. The Hall–Kier alpha value is -3.15. The van der Waals surface area contributed by atoms with Crippen LogP contribution in [0.15, 0.2) is 51.7 Å². The third kappa shape index (κ3) is 4.85. The van der Waals surface area contributed by atoms with Crippen molar-refractivity contribution in [3.8, 4) is 10.4 Å². The second-order valence-corrected chi connectivity index (χ2v) is 8.22. The third-order valence-corrected chi connectivity index (χ3v) is 5.93. The second kappa shape index (κ2) is 8.77. The highest BCUT2D eigenvalue weighted by molar-refractivity contribution is 7.19. The van der Waals surface area contributed by atoms with Gasteiger partial charge in [0.2, 0.25) is 0 Å². The summed E-state index contributed by atoms with van der Waals surface area (Å²) in [5.41, 5.74) is 8.30. The molecule has 0 aliphatic carbocycles. The van der Waals surface area contributed by atoms with Crippen molar-refractivity contribution in [2.24, 2.45) is 5.73 Å². The van der Waals surface area contributed by atoms with Gasteiger partial charge in [0.1, 0.15) is 0 Å². The van der Waals surface area contributed by atoms with Crippen molar-refractivity contribution in [2.45, 2.75) is 25.2 Å². The highest BCUT2D eigenvalue weighted by atomic mass is 32.1. The van der Waals surface area contributed by atoms with Crippen molar-refractivity contribution in [3.05, 3.63) is 69.8 Å². The molecule has 0 spiro atoms. The van der Waals surface area contributed by atoms with Gasteiger partial charge < -0.3 is 20.6 Å². The number of nitrogens with one attached hydrogen (secondary N) is 2. The van der Waals surface area contributed by atoms with Gasteiger partial charge in [0.15, 0.2) is 10.7 Å². The Morgan fingerprint density at radius 2 is 1.97 bits per heavy atom. The summed E-state index contributed by atoms with van der Waals surface area (Å²) in [5.74, 6) is -0.548. The molecule has 4 aromatic rings. The largest absolute Gasteiger partial charge is 0.417 e. The van der Waals surface area contributed by atoms with Gasteiger partial charge in [0.05, 0.1) is 28.3 Å². The van der Waals surface area contributed by atoms with Crippen LogP contribution in [0.25, 0.3) is 21.5 Å². The molecule has 168 valence electrons. The first kappa shape index (κ1) is 22.1. The number of halogens is 3. The topological polar surface area (TPSA) is 117 Å². The van der Waals surface area contributed by atoms with E-state index in [2.05, 4.69) is 15.3 Å². The van der Waals surface area contributed by atoms with Crippen LogP contribution in [-0.4, -0.2) is 27.7 Å². The van der Waals surface area contributed by atoms with E-state index in [0.717, 1.165) is 22.6 Å². The highest BCUT2D eigenvalue weighted by Crippen LogP contribution is 2.34. The number of aliphatic hydroxyl groups is 1. The molecular formula is C21H19F3N4O3S. The molecule has 0 saturated heterocycles. The van der Waals surface area contributed by atoms with Gasteiger partial charge in [-0.15, -0.1) is 0 Å². The van der Waals surface area contributed by atoms with E-state index in [1.165, 1.54) is 23.5 Å². The lowest BCUT2D eigenvalue weighted by molar-refractivity contribution is -0.137. The van der Waals surface area contributed by atoms with E-state index in [1.807, 2.05) is 0 Å². The number of hydrogen-bond donors (Lipinski definition) is 4. The van der Waals surface area contributed by atoms with Gasteiger partial charge in [0, 0.05) is 12.6 Å². The number of nitrogens with zero attached hydrogens (tertiary/aromatic N) is 1. The minimum Gasteiger partial charge on any atom is -0.408 e. The van der Waals surface area contributed by atoms with Crippen molar-refractivity contribution in [1.29, 1.82) is 0 Å². The molecule has 4 rings (SSSR count). The molecule has 0 aliphatic rings. The van der Waals surface area contributed by atoms with Gasteiger partial charge in [-0.1, -0.05) is 29.5 Å². The Balaban J connectivity index is 1.43. The molecule has 2 heterocycles. The molecule has 5 N–H and O–H groups in total. The number of thiazole rings is 1. The number of fused-ring (bicyclic) bond motifs is 1. The van der Waals surface area contributed by atoms with Crippen LogP contribution in [0, 0.1) is 0 Å².